The average molecular weight is 575 g/mol. The molecule has 0 amide bonds. The highest BCUT2D eigenvalue weighted by molar-refractivity contribution is 14.0. The monoisotopic (exact) mass is 575 g/mol. The topological polar surface area (TPSA) is 54.9 Å². The first-order chi connectivity index (χ1) is 14.0. The van der Waals surface area contributed by atoms with Gasteiger partial charge in [-0.3, -0.25) is 4.99 Å². The minimum Gasteiger partial charge on any atom is -0.488 e. The lowest BCUT2D eigenvalue weighted by Gasteiger charge is -2.36. The number of benzene rings is 1. The number of nitrogens with one attached hydrogen (secondary N) is 2. The second-order valence-corrected chi connectivity index (χ2v) is 9.58. The van der Waals surface area contributed by atoms with E-state index in [0.29, 0.717) is 25.7 Å². The Labute approximate surface area is 204 Å². The molecule has 5 nitrogen and oxygen atoms in total. The van der Waals surface area contributed by atoms with E-state index in [1.807, 2.05) is 0 Å². The van der Waals surface area contributed by atoms with Gasteiger partial charge in [-0.1, -0.05) is 6.07 Å². The van der Waals surface area contributed by atoms with Crippen LogP contribution in [0.15, 0.2) is 23.2 Å². The molecule has 0 aliphatic carbocycles. The zero-order valence-electron chi connectivity index (χ0n) is 18.7. The van der Waals surface area contributed by atoms with Gasteiger partial charge < -0.3 is 20.1 Å². The summed E-state index contributed by atoms with van der Waals surface area (Å²) < 4.78 is 51.9. The van der Waals surface area contributed by atoms with Crippen LogP contribution in [0.25, 0.3) is 0 Å². The zero-order chi connectivity index (χ0) is 22.4. The third kappa shape index (κ3) is 8.88. The highest BCUT2D eigenvalue weighted by Crippen LogP contribution is 2.35. The number of hydrogen-bond acceptors (Lipinski definition) is 4. The molecule has 2 rings (SSSR count). The van der Waals surface area contributed by atoms with Gasteiger partial charge in [-0.2, -0.15) is 24.9 Å². The van der Waals surface area contributed by atoms with Crippen molar-refractivity contribution in [1.29, 1.82) is 0 Å². The normalized spacial score (nSPS) is 17.0. The Morgan fingerprint density at radius 3 is 2.35 bits per heavy atom. The fourth-order valence-electron chi connectivity index (χ4n) is 3.23. The minimum absolute atomic E-state index is 0. The first-order valence-corrected chi connectivity index (χ1v) is 11.2. The summed E-state index contributed by atoms with van der Waals surface area (Å²) in [5.41, 5.74) is -1.15. The van der Waals surface area contributed by atoms with Gasteiger partial charge in [0.15, 0.2) is 5.96 Å². The quantitative estimate of drug-likeness (QED) is 0.282. The lowest BCUT2D eigenvalue weighted by molar-refractivity contribution is -0.138. The largest absolute Gasteiger partial charge is 0.488 e. The van der Waals surface area contributed by atoms with Gasteiger partial charge in [0.25, 0.3) is 0 Å². The smallest absolute Gasteiger partial charge is 0.416 e. The number of alkyl halides is 3. The van der Waals surface area contributed by atoms with Crippen LogP contribution in [0, 0.1) is 0 Å². The van der Waals surface area contributed by atoms with Crippen LogP contribution in [-0.4, -0.2) is 49.4 Å². The van der Waals surface area contributed by atoms with E-state index in [1.54, 1.807) is 45.6 Å². The standard InChI is InChI=1S/C21H32F3N3O2S.HI/c1-19(2,3)29-16-7-6-15(17(12-16)21(22,23)24)13-26-18(25-4)27-14-20(30-5)8-10-28-11-9-20;/h6-7,12H,8-11,13-14H2,1-5H3,(H2,25,26,27);1H. The lowest BCUT2D eigenvalue weighted by Crippen LogP contribution is -2.47. The van der Waals surface area contributed by atoms with E-state index >= 15 is 0 Å². The van der Waals surface area contributed by atoms with Crippen molar-refractivity contribution in [3.8, 4) is 5.75 Å². The van der Waals surface area contributed by atoms with Crippen molar-refractivity contribution < 1.29 is 22.6 Å². The van der Waals surface area contributed by atoms with Gasteiger partial charge >= 0.3 is 6.18 Å². The van der Waals surface area contributed by atoms with E-state index in [4.69, 9.17) is 9.47 Å². The molecule has 1 aromatic carbocycles. The number of halogens is 4. The van der Waals surface area contributed by atoms with Crippen molar-refractivity contribution in [3.63, 3.8) is 0 Å². The van der Waals surface area contributed by atoms with Gasteiger partial charge in [0.05, 0.1) is 5.56 Å². The Bertz CT molecular complexity index is 734. The lowest BCUT2D eigenvalue weighted by atomic mass is 9.99. The summed E-state index contributed by atoms with van der Waals surface area (Å²) in [5.74, 6) is 0.667. The van der Waals surface area contributed by atoms with E-state index in [0.717, 1.165) is 18.9 Å². The van der Waals surface area contributed by atoms with Gasteiger partial charge in [0.1, 0.15) is 11.4 Å². The number of thioether (sulfide) groups is 1. The predicted octanol–water partition coefficient (Wildman–Crippen LogP) is 5.08. The highest BCUT2D eigenvalue weighted by Gasteiger charge is 2.34. The molecule has 0 atom stereocenters. The molecule has 178 valence electrons. The van der Waals surface area contributed by atoms with Crippen LogP contribution in [-0.2, 0) is 17.5 Å². The van der Waals surface area contributed by atoms with E-state index in [9.17, 15) is 13.2 Å². The van der Waals surface area contributed by atoms with Gasteiger partial charge in [-0.05, 0) is 57.6 Å². The number of aliphatic imine (C=N–C) groups is 1. The SMILES string of the molecule is CN=C(NCc1ccc(OC(C)(C)C)cc1C(F)(F)F)NCC1(SC)CCOCC1.I. The summed E-state index contributed by atoms with van der Waals surface area (Å²) in [5, 5.41) is 6.26. The summed E-state index contributed by atoms with van der Waals surface area (Å²) in [6.45, 7) is 7.49. The Hall–Kier alpha value is -0.880. The van der Waals surface area contributed by atoms with E-state index in [1.165, 1.54) is 6.07 Å². The predicted molar refractivity (Wildman–Crippen MR) is 132 cm³/mol. The van der Waals surface area contributed by atoms with Crippen LogP contribution in [0.1, 0.15) is 44.7 Å². The van der Waals surface area contributed by atoms with Crippen LogP contribution in [0.5, 0.6) is 5.75 Å². The van der Waals surface area contributed by atoms with Crippen LogP contribution >= 0.6 is 35.7 Å². The summed E-state index contributed by atoms with van der Waals surface area (Å²) in [6.07, 6.45) is -0.562. The Morgan fingerprint density at radius 2 is 1.84 bits per heavy atom. The van der Waals surface area contributed by atoms with Crippen molar-refractivity contribution in [2.24, 2.45) is 4.99 Å². The fourth-order valence-corrected chi connectivity index (χ4v) is 4.02. The molecule has 31 heavy (non-hydrogen) atoms. The van der Waals surface area contributed by atoms with Crippen LogP contribution < -0.4 is 15.4 Å². The third-order valence-electron chi connectivity index (χ3n) is 4.90. The molecule has 1 saturated heterocycles. The third-order valence-corrected chi connectivity index (χ3v) is 6.31. The maximum atomic E-state index is 13.6. The molecule has 1 heterocycles. The molecule has 1 aliphatic heterocycles. The molecular weight excluding hydrogens is 542 g/mol. The number of guanidine groups is 1. The molecule has 0 bridgehead atoms. The van der Waals surface area contributed by atoms with Gasteiger partial charge in [-0.15, -0.1) is 24.0 Å². The minimum atomic E-state index is -4.48. The first-order valence-electron chi connectivity index (χ1n) is 9.95. The first kappa shape index (κ1) is 28.2. The molecule has 0 aromatic heterocycles. The van der Waals surface area contributed by atoms with Crippen molar-refractivity contribution >= 4 is 41.7 Å². The molecule has 0 spiro atoms. The van der Waals surface area contributed by atoms with Crippen molar-refractivity contribution in [2.75, 3.05) is 33.1 Å². The molecule has 10 heteroatoms. The van der Waals surface area contributed by atoms with Crippen molar-refractivity contribution in [1.82, 2.24) is 10.6 Å². The van der Waals surface area contributed by atoms with Gasteiger partial charge in [0, 0.05) is 38.1 Å². The molecule has 0 saturated carbocycles. The Balaban J connectivity index is 0.00000480. The maximum Gasteiger partial charge on any atom is 0.416 e. The zero-order valence-corrected chi connectivity index (χ0v) is 21.8. The number of hydrogen-bond donors (Lipinski definition) is 2. The average Bonchev–Trinajstić information content (AvgIpc) is 2.67. The molecule has 1 aliphatic rings. The van der Waals surface area contributed by atoms with E-state index < -0.39 is 17.3 Å². The number of rotatable bonds is 6. The Morgan fingerprint density at radius 1 is 1.19 bits per heavy atom. The van der Waals surface area contributed by atoms with Crippen LogP contribution in [0.2, 0.25) is 0 Å². The molecule has 1 aromatic rings. The van der Waals surface area contributed by atoms with Gasteiger partial charge in [0.2, 0.25) is 0 Å². The molecule has 1 fully saturated rings. The van der Waals surface area contributed by atoms with Crippen molar-refractivity contribution in [3.05, 3.63) is 29.3 Å². The van der Waals surface area contributed by atoms with Crippen molar-refractivity contribution in [2.45, 2.75) is 56.7 Å². The summed E-state index contributed by atoms with van der Waals surface area (Å²) in [7, 11) is 1.61. The summed E-state index contributed by atoms with van der Waals surface area (Å²) >= 11 is 1.78. The summed E-state index contributed by atoms with van der Waals surface area (Å²) in [4.78, 5) is 4.16. The second-order valence-electron chi connectivity index (χ2n) is 8.31. The van der Waals surface area contributed by atoms with Crippen LogP contribution in [0.4, 0.5) is 13.2 Å². The molecule has 0 unspecified atom stereocenters. The highest BCUT2D eigenvalue weighted by atomic mass is 127. The number of nitrogens with zero attached hydrogens (tertiary/aromatic N) is 1. The Kier molecular flexibility index (Phi) is 10.7. The maximum absolute atomic E-state index is 13.6. The number of ether oxygens (including phenoxy) is 2. The van der Waals surface area contributed by atoms with E-state index in [-0.39, 0.29) is 46.6 Å². The molecule has 2 N–H and O–H groups in total. The molecular formula is C21H33F3IN3O2S. The fraction of sp³-hybridized carbons (Fsp3) is 0.667. The van der Waals surface area contributed by atoms with Gasteiger partial charge in [-0.25, -0.2) is 0 Å². The van der Waals surface area contributed by atoms with Crippen LogP contribution in [0.3, 0.4) is 0 Å². The van der Waals surface area contributed by atoms with E-state index in [2.05, 4.69) is 21.9 Å². The molecule has 0 radical (unpaired) electrons. The summed E-state index contributed by atoms with van der Waals surface area (Å²) in [6, 6.07) is 4.08. The second kappa shape index (κ2) is 11.8.